The molecule has 0 bridgehead atoms. The van der Waals surface area contributed by atoms with Gasteiger partial charge in [-0.1, -0.05) is 5.57 Å². The van der Waals surface area contributed by atoms with Gasteiger partial charge in [0.1, 0.15) is 0 Å². The van der Waals surface area contributed by atoms with E-state index in [1.54, 1.807) is 26.3 Å². The molecule has 1 amide bonds. The quantitative estimate of drug-likeness (QED) is 0.336. The summed E-state index contributed by atoms with van der Waals surface area (Å²) in [5.41, 5.74) is 0.980. The van der Waals surface area contributed by atoms with Gasteiger partial charge >= 0.3 is 0 Å². The molecule has 0 aliphatic rings. The van der Waals surface area contributed by atoms with Crippen LogP contribution in [-0.4, -0.2) is 24.2 Å². The number of rotatable bonds is 2. The maximum atomic E-state index is 11.1. The van der Waals surface area contributed by atoms with E-state index in [0.717, 1.165) is 5.57 Å². The minimum atomic E-state index is -0.0944. The van der Waals surface area contributed by atoms with Gasteiger partial charge in [0.2, 0.25) is 0 Å². The van der Waals surface area contributed by atoms with Crippen LogP contribution >= 0.6 is 0 Å². The molecule has 0 spiro atoms. The lowest BCUT2D eigenvalue weighted by molar-refractivity contribution is -0.124. The van der Waals surface area contributed by atoms with Crippen molar-refractivity contribution in [1.29, 1.82) is 0 Å². The molecule has 0 N–H and O–H groups in total. The third-order valence-electron chi connectivity index (χ3n) is 1.02. The second-order valence-electron chi connectivity index (χ2n) is 2.46. The van der Waals surface area contributed by atoms with Crippen LogP contribution in [0.15, 0.2) is 16.8 Å². The summed E-state index contributed by atoms with van der Waals surface area (Å²) in [6, 6.07) is 0. The van der Waals surface area contributed by atoms with E-state index in [-0.39, 0.29) is 5.91 Å². The van der Waals surface area contributed by atoms with Crippen LogP contribution < -0.4 is 0 Å². The molecule has 0 unspecified atom stereocenters. The standard InChI is InChI=1S/C8H14N2O/c1-5-9-10(4)8(11)6-7(2)3/h5-6H,1-4H3. The van der Waals surface area contributed by atoms with Crippen molar-refractivity contribution in [3.63, 3.8) is 0 Å². The molecule has 0 aliphatic carbocycles. The number of carbonyl (C=O) groups is 1. The first-order chi connectivity index (χ1) is 5.07. The summed E-state index contributed by atoms with van der Waals surface area (Å²) in [5, 5.41) is 5.09. The van der Waals surface area contributed by atoms with Crippen LogP contribution in [0.1, 0.15) is 20.8 Å². The van der Waals surface area contributed by atoms with E-state index in [4.69, 9.17) is 0 Å². The van der Waals surface area contributed by atoms with E-state index >= 15 is 0 Å². The Morgan fingerprint density at radius 2 is 2.00 bits per heavy atom. The molecule has 0 atom stereocenters. The molecule has 0 aromatic heterocycles. The van der Waals surface area contributed by atoms with E-state index < -0.39 is 0 Å². The Kier molecular flexibility index (Phi) is 4.18. The summed E-state index contributed by atoms with van der Waals surface area (Å²) < 4.78 is 0. The van der Waals surface area contributed by atoms with E-state index in [0.29, 0.717) is 0 Å². The summed E-state index contributed by atoms with van der Waals surface area (Å²) in [6.07, 6.45) is 3.13. The molecule has 0 aromatic carbocycles. The van der Waals surface area contributed by atoms with Crippen molar-refractivity contribution in [1.82, 2.24) is 5.01 Å². The Morgan fingerprint density at radius 3 is 2.36 bits per heavy atom. The highest BCUT2D eigenvalue weighted by atomic mass is 16.2. The highest BCUT2D eigenvalue weighted by Gasteiger charge is 2.00. The number of allylic oxidation sites excluding steroid dienone is 1. The minimum Gasteiger partial charge on any atom is -0.268 e. The lowest BCUT2D eigenvalue weighted by atomic mass is 10.3. The van der Waals surface area contributed by atoms with Crippen molar-refractivity contribution in [2.45, 2.75) is 20.8 Å². The Balaban J connectivity index is 4.15. The number of carbonyl (C=O) groups excluding carboxylic acids is 1. The van der Waals surface area contributed by atoms with Gasteiger partial charge in [0, 0.05) is 19.3 Å². The van der Waals surface area contributed by atoms with Crippen molar-refractivity contribution in [3.05, 3.63) is 11.6 Å². The van der Waals surface area contributed by atoms with Crippen LogP contribution in [0.4, 0.5) is 0 Å². The highest BCUT2D eigenvalue weighted by Crippen LogP contribution is 1.93. The van der Waals surface area contributed by atoms with Gasteiger partial charge in [0.15, 0.2) is 0 Å². The zero-order valence-electron chi connectivity index (χ0n) is 7.46. The predicted octanol–water partition coefficient (Wildman–Crippen LogP) is 1.42. The zero-order chi connectivity index (χ0) is 8.85. The van der Waals surface area contributed by atoms with Crippen LogP contribution in [0.25, 0.3) is 0 Å². The van der Waals surface area contributed by atoms with Crippen molar-refractivity contribution >= 4 is 12.1 Å². The first kappa shape index (κ1) is 9.88. The fourth-order valence-electron chi connectivity index (χ4n) is 0.570. The van der Waals surface area contributed by atoms with Crippen LogP contribution in [0.5, 0.6) is 0 Å². The summed E-state index contributed by atoms with van der Waals surface area (Å²) in [4.78, 5) is 11.1. The summed E-state index contributed by atoms with van der Waals surface area (Å²) in [5.74, 6) is -0.0944. The first-order valence-corrected chi connectivity index (χ1v) is 3.49. The molecule has 3 nitrogen and oxygen atoms in total. The Hall–Kier alpha value is -1.12. The molecule has 0 radical (unpaired) electrons. The molecule has 3 heteroatoms. The van der Waals surface area contributed by atoms with E-state index in [1.807, 2.05) is 13.8 Å². The maximum absolute atomic E-state index is 11.1. The van der Waals surface area contributed by atoms with Gasteiger partial charge in [-0.05, 0) is 20.8 Å². The van der Waals surface area contributed by atoms with Crippen molar-refractivity contribution in [2.75, 3.05) is 7.05 Å². The smallest absolute Gasteiger partial charge is 0.266 e. The highest BCUT2D eigenvalue weighted by molar-refractivity contribution is 5.88. The fraction of sp³-hybridized carbons (Fsp3) is 0.500. The normalized spacial score (nSPS) is 9.82. The maximum Gasteiger partial charge on any atom is 0.266 e. The van der Waals surface area contributed by atoms with E-state index in [2.05, 4.69) is 5.10 Å². The van der Waals surface area contributed by atoms with E-state index in [1.165, 1.54) is 5.01 Å². The Bertz CT molecular complexity index is 190. The molecule has 0 rings (SSSR count). The first-order valence-electron chi connectivity index (χ1n) is 3.49. The zero-order valence-corrected chi connectivity index (χ0v) is 7.46. The summed E-state index contributed by atoms with van der Waals surface area (Å²) in [7, 11) is 1.63. The van der Waals surface area contributed by atoms with Crippen LogP contribution in [0.3, 0.4) is 0 Å². The van der Waals surface area contributed by atoms with E-state index in [9.17, 15) is 4.79 Å². The average Bonchev–Trinajstić information content (AvgIpc) is 1.86. The van der Waals surface area contributed by atoms with Crippen molar-refractivity contribution in [3.8, 4) is 0 Å². The van der Waals surface area contributed by atoms with Gasteiger partial charge in [0.05, 0.1) is 0 Å². The van der Waals surface area contributed by atoms with Crippen LogP contribution in [0, 0.1) is 0 Å². The molecule has 0 aliphatic heterocycles. The lowest BCUT2D eigenvalue weighted by Gasteiger charge is -2.06. The average molecular weight is 154 g/mol. The van der Waals surface area contributed by atoms with Crippen LogP contribution in [-0.2, 0) is 4.79 Å². The molecular formula is C8H14N2O. The van der Waals surface area contributed by atoms with Crippen molar-refractivity contribution < 1.29 is 4.79 Å². The number of hydrogen-bond acceptors (Lipinski definition) is 2. The molecule has 0 saturated heterocycles. The molecule has 11 heavy (non-hydrogen) atoms. The Labute approximate surface area is 67.4 Å². The van der Waals surface area contributed by atoms with Crippen LogP contribution in [0.2, 0.25) is 0 Å². The molecular weight excluding hydrogens is 140 g/mol. The van der Waals surface area contributed by atoms with Gasteiger partial charge in [-0.25, -0.2) is 5.01 Å². The lowest BCUT2D eigenvalue weighted by Crippen LogP contribution is -2.18. The third kappa shape index (κ3) is 4.31. The Morgan fingerprint density at radius 1 is 1.45 bits per heavy atom. The van der Waals surface area contributed by atoms with Gasteiger partial charge < -0.3 is 0 Å². The molecule has 0 aromatic rings. The third-order valence-corrected chi connectivity index (χ3v) is 1.02. The molecule has 0 fully saturated rings. The predicted molar refractivity (Wildman–Crippen MR) is 46.4 cm³/mol. The monoisotopic (exact) mass is 154 g/mol. The van der Waals surface area contributed by atoms with Crippen molar-refractivity contribution in [2.24, 2.45) is 5.10 Å². The second-order valence-corrected chi connectivity index (χ2v) is 2.46. The topological polar surface area (TPSA) is 32.7 Å². The molecule has 62 valence electrons. The summed E-state index contributed by atoms with van der Waals surface area (Å²) in [6.45, 7) is 5.52. The largest absolute Gasteiger partial charge is 0.268 e. The van der Waals surface area contributed by atoms with Gasteiger partial charge in [-0.15, -0.1) is 0 Å². The fourth-order valence-corrected chi connectivity index (χ4v) is 0.570. The number of likely N-dealkylation sites (N-methyl/N-ethyl adjacent to an activating group) is 1. The van der Waals surface area contributed by atoms with Gasteiger partial charge in [-0.3, -0.25) is 4.79 Å². The van der Waals surface area contributed by atoms with Gasteiger partial charge in [0.25, 0.3) is 5.91 Å². The molecule has 0 saturated carbocycles. The van der Waals surface area contributed by atoms with Gasteiger partial charge in [-0.2, -0.15) is 5.10 Å². The number of hydrazone groups is 1. The number of hydrogen-bond donors (Lipinski definition) is 0. The number of nitrogens with zero attached hydrogens (tertiary/aromatic N) is 2. The number of amides is 1. The SMILES string of the molecule is CC=NN(C)C(=O)C=C(C)C. The second kappa shape index (κ2) is 4.66. The minimum absolute atomic E-state index is 0.0944. The summed E-state index contributed by atoms with van der Waals surface area (Å²) >= 11 is 0. The molecule has 0 heterocycles.